The Morgan fingerprint density at radius 3 is 2.83 bits per heavy atom. The molecule has 24 heavy (non-hydrogen) atoms. The van der Waals surface area contributed by atoms with E-state index in [0.29, 0.717) is 17.9 Å². The predicted octanol–water partition coefficient (Wildman–Crippen LogP) is 3.09. The molecule has 4 rings (SSSR count). The van der Waals surface area contributed by atoms with Gasteiger partial charge in [-0.05, 0) is 58.5 Å². The summed E-state index contributed by atoms with van der Waals surface area (Å²) in [6, 6.07) is 3.81. The van der Waals surface area contributed by atoms with E-state index in [4.69, 9.17) is 0 Å². The molecule has 0 saturated carbocycles. The van der Waals surface area contributed by atoms with Crippen molar-refractivity contribution >= 4 is 40.6 Å². The summed E-state index contributed by atoms with van der Waals surface area (Å²) < 4.78 is 2.97. The molecule has 1 aliphatic heterocycles. The molecule has 0 bridgehead atoms. The minimum Gasteiger partial charge on any atom is -0.339 e. The molecule has 124 valence electrons. The topological polar surface area (TPSA) is 55.2 Å². The van der Waals surface area contributed by atoms with Crippen LogP contribution < -0.4 is 4.90 Å². The highest BCUT2D eigenvalue weighted by Crippen LogP contribution is 2.39. The Hall–Kier alpha value is -1.70. The minimum atomic E-state index is -0.0638. The SMILES string of the molecule is CC1(C)Cc2cc3n(c2C1)CCN(c1nccc(I)c1C=O)C3=O. The van der Waals surface area contributed by atoms with Crippen LogP contribution in [0.5, 0.6) is 0 Å². The third-order valence-corrected chi connectivity index (χ3v) is 5.85. The van der Waals surface area contributed by atoms with E-state index in [1.54, 1.807) is 17.2 Å². The molecule has 0 radical (unpaired) electrons. The van der Waals surface area contributed by atoms with Crippen molar-refractivity contribution < 1.29 is 9.59 Å². The van der Waals surface area contributed by atoms with Crippen molar-refractivity contribution in [3.05, 3.63) is 44.4 Å². The van der Waals surface area contributed by atoms with Crippen molar-refractivity contribution in [2.75, 3.05) is 11.4 Å². The zero-order chi connectivity index (χ0) is 17.1. The number of anilines is 1. The molecule has 0 aromatic carbocycles. The van der Waals surface area contributed by atoms with E-state index in [-0.39, 0.29) is 11.3 Å². The molecule has 2 aromatic rings. The van der Waals surface area contributed by atoms with Crippen LogP contribution in [0.1, 0.15) is 46.0 Å². The number of aldehydes is 1. The van der Waals surface area contributed by atoms with Crippen LogP contribution in [0.2, 0.25) is 0 Å². The van der Waals surface area contributed by atoms with Gasteiger partial charge in [-0.25, -0.2) is 4.98 Å². The van der Waals surface area contributed by atoms with Crippen molar-refractivity contribution in [1.29, 1.82) is 0 Å². The number of carbonyl (C=O) groups is 2. The molecule has 0 unspecified atom stereocenters. The number of pyridine rings is 1. The number of nitrogens with zero attached hydrogens (tertiary/aromatic N) is 3. The van der Waals surface area contributed by atoms with Crippen molar-refractivity contribution in [2.45, 2.75) is 33.2 Å². The van der Waals surface area contributed by atoms with Gasteiger partial charge in [-0.2, -0.15) is 0 Å². The molecule has 0 atom stereocenters. The van der Waals surface area contributed by atoms with E-state index >= 15 is 0 Å². The number of aromatic nitrogens is 2. The molecule has 3 heterocycles. The highest BCUT2D eigenvalue weighted by Gasteiger charge is 2.37. The number of hydrogen-bond donors (Lipinski definition) is 0. The van der Waals surface area contributed by atoms with E-state index < -0.39 is 0 Å². The number of hydrogen-bond acceptors (Lipinski definition) is 3. The smallest absolute Gasteiger partial charge is 0.276 e. The highest BCUT2D eigenvalue weighted by atomic mass is 127. The Morgan fingerprint density at radius 1 is 1.29 bits per heavy atom. The highest BCUT2D eigenvalue weighted by molar-refractivity contribution is 14.1. The molecule has 1 amide bonds. The van der Waals surface area contributed by atoms with Gasteiger partial charge in [0.05, 0.1) is 5.56 Å². The quantitative estimate of drug-likeness (QED) is 0.538. The third-order valence-electron chi connectivity index (χ3n) is 4.91. The van der Waals surface area contributed by atoms with Gasteiger partial charge in [0, 0.05) is 28.6 Å². The summed E-state index contributed by atoms with van der Waals surface area (Å²) in [7, 11) is 0. The number of halogens is 1. The molecule has 5 nitrogen and oxygen atoms in total. The maximum absolute atomic E-state index is 13.0. The van der Waals surface area contributed by atoms with Crippen molar-refractivity contribution in [3.63, 3.8) is 0 Å². The van der Waals surface area contributed by atoms with Crippen LogP contribution >= 0.6 is 22.6 Å². The lowest BCUT2D eigenvalue weighted by molar-refractivity contribution is 0.0963. The van der Waals surface area contributed by atoms with Gasteiger partial charge in [0.1, 0.15) is 11.5 Å². The Morgan fingerprint density at radius 2 is 2.08 bits per heavy atom. The summed E-state index contributed by atoms with van der Waals surface area (Å²) >= 11 is 2.10. The molecule has 2 aliphatic rings. The van der Waals surface area contributed by atoms with Crippen LogP contribution in [0.4, 0.5) is 5.82 Å². The monoisotopic (exact) mass is 435 g/mol. The van der Waals surface area contributed by atoms with Gasteiger partial charge in [0.15, 0.2) is 6.29 Å². The fraction of sp³-hybridized carbons (Fsp3) is 0.389. The summed E-state index contributed by atoms with van der Waals surface area (Å²) in [5.41, 5.74) is 4.07. The largest absolute Gasteiger partial charge is 0.339 e. The van der Waals surface area contributed by atoms with Crippen molar-refractivity contribution in [1.82, 2.24) is 9.55 Å². The number of amides is 1. The molecule has 0 N–H and O–H groups in total. The van der Waals surface area contributed by atoms with Gasteiger partial charge in [0.25, 0.3) is 5.91 Å². The normalized spacial score (nSPS) is 18.5. The van der Waals surface area contributed by atoms with Gasteiger partial charge < -0.3 is 4.57 Å². The molecule has 0 saturated heterocycles. The molecular formula is C18H18IN3O2. The Bertz CT molecular complexity index is 869. The van der Waals surface area contributed by atoms with Crippen LogP contribution in [0.25, 0.3) is 0 Å². The molecular weight excluding hydrogens is 417 g/mol. The van der Waals surface area contributed by atoms with Gasteiger partial charge in [-0.1, -0.05) is 13.8 Å². The second kappa shape index (κ2) is 5.40. The third kappa shape index (κ3) is 2.30. The Labute approximate surface area is 154 Å². The molecule has 1 aliphatic carbocycles. The van der Waals surface area contributed by atoms with Crippen LogP contribution in [-0.2, 0) is 19.4 Å². The fourth-order valence-corrected chi connectivity index (χ4v) is 4.41. The molecule has 2 aromatic heterocycles. The average Bonchev–Trinajstić information content (AvgIpc) is 3.00. The summed E-state index contributed by atoms with van der Waals surface area (Å²) in [5.74, 6) is 0.404. The minimum absolute atomic E-state index is 0.0638. The number of fused-ring (bicyclic) bond motifs is 3. The van der Waals surface area contributed by atoms with Crippen LogP contribution in [0.3, 0.4) is 0 Å². The second-order valence-corrected chi connectivity index (χ2v) is 8.44. The molecule has 0 spiro atoms. The summed E-state index contributed by atoms with van der Waals surface area (Å²) in [6.45, 7) is 5.82. The van der Waals surface area contributed by atoms with E-state index in [0.717, 1.165) is 34.9 Å². The second-order valence-electron chi connectivity index (χ2n) is 7.28. The van der Waals surface area contributed by atoms with Crippen molar-refractivity contribution in [2.24, 2.45) is 5.41 Å². The summed E-state index contributed by atoms with van der Waals surface area (Å²) in [5, 5.41) is 0. The van der Waals surface area contributed by atoms with E-state index in [9.17, 15) is 9.59 Å². The average molecular weight is 435 g/mol. The Kier molecular flexibility index (Phi) is 3.56. The van der Waals surface area contributed by atoms with Gasteiger partial charge in [0.2, 0.25) is 0 Å². The van der Waals surface area contributed by atoms with Crippen molar-refractivity contribution in [3.8, 4) is 0 Å². The molecule has 0 fully saturated rings. The zero-order valence-electron chi connectivity index (χ0n) is 13.7. The van der Waals surface area contributed by atoms with Gasteiger partial charge in [-0.15, -0.1) is 0 Å². The molecule has 6 heteroatoms. The van der Waals surface area contributed by atoms with Crippen LogP contribution in [0, 0.1) is 8.99 Å². The van der Waals surface area contributed by atoms with E-state index in [1.807, 2.05) is 6.07 Å². The van der Waals surface area contributed by atoms with E-state index in [1.165, 1.54) is 11.3 Å². The maximum atomic E-state index is 13.0. The van der Waals surface area contributed by atoms with Crippen LogP contribution in [-0.4, -0.2) is 28.3 Å². The zero-order valence-corrected chi connectivity index (χ0v) is 15.8. The Balaban J connectivity index is 1.75. The standard InChI is InChI=1S/C18H18IN3O2/c1-18(2)8-11-7-14-17(24)22(6-5-21(14)15(11)9-18)16-12(10-23)13(19)3-4-20-16/h3-4,7,10H,5-6,8-9H2,1-2H3. The first-order valence-corrected chi connectivity index (χ1v) is 9.12. The van der Waals surface area contributed by atoms with Gasteiger partial charge >= 0.3 is 0 Å². The lowest BCUT2D eigenvalue weighted by atomic mass is 9.90. The van der Waals surface area contributed by atoms with Gasteiger partial charge in [-0.3, -0.25) is 14.5 Å². The summed E-state index contributed by atoms with van der Waals surface area (Å²) in [6.07, 6.45) is 4.45. The van der Waals surface area contributed by atoms with E-state index in [2.05, 4.69) is 46.0 Å². The first kappa shape index (κ1) is 15.8. The fourth-order valence-electron chi connectivity index (χ4n) is 3.88. The lowest BCUT2D eigenvalue weighted by Crippen LogP contribution is -2.41. The predicted molar refractivity (Wildman–Crippen MR) is 99.6 cm³/mol. The lowest BCUT2D eigenvalue weighted by Gasteiger charge is -2.30. The van der Waals surface area contributed by atoms with Crippen LogP contribution in [0.15, 0.2) is 18.3 Å². The summed E-state index contributed by atoms with van der Waals surface area (Å²) in [4.78, 5) is 30.4. The maximum Gasteiger partial charge on any atom is 0.276 e. The number of carbonyl (C=O) groups excluding carboxylic acids is 2. The number of rotatable bonds is 2. The first-order valence-electron chi connectivity index (χ1n) is 8.04. The first-order chi connectivity index (χ1) is 11.4.